The van der Waals surface area contributed by atoms with Crippen molar-refractivity contribution in [3.63, 3.8) is 0 Å². The van der Waals surface area contributed by atoms with Gasteiger partial charge in [-0.3, -0.25) is 0 Å². The van der Waals surface area contributed by atoms with E-state index < -0.39 is 16.6 Å². The van der Waals surface area contributed by atoms with Crippen LogP contribution in [-0.2, 0) is 34.2 Å². The predicted molar refractivity (Wildman–Crippen MR) is 227 cm³/mol. The molecular formula is C45H78O7Si2. The summed E-state index contributed by atoms with van der Waals surface area (Å²) in [4.78, 5) is 0. The van der Waals surface area contributed by atoms with Gasteiger partial charge in [-0.15, -0.1) is 0 Å². The lowest BCUT2D eigenvalue weighted by molar-refractivity contribution is -0.0786. The first-order valence-corrected chi connectivity index (χ1v) is 26.8. The van der Waals surface area contributed by atoms with Gasteiger partial charge in [0.1, 0.15) is 0 Å². The lowest BCUT2D eigenvalue weighted by atomic mass is 9.81. The first-order valence-electron chi connectivity index (χ1n) is 21.0. The maximum absolute atomic E-state index is 9.29. The number of rotatable bonds is 18. The second-order valence-electron chi connectivity index (χ2n) is 19.8. The molecule has 0 saturated carbocycles. The third kappa shape index (κ3) is 11.9. The Morgan fingerprint density at radius 2 is 1.50 bits per heavy atom. The Hall–Kier alpha value is -1.15. The van der Waals surface area contributed by atoms with Crippen LogP contribution in [0.4, 0.5) is 0 Å². The van der Waals surface area contributed by atoms with Crippen LogP contribution in [0.15, 0.2) is 54.6 Å². The molecule has 9 heteroatoms. The largest absolute Gasteiger partial charge is 0.414 e. The number of benzene rings is 1. The number of methoxy groups -OCH3 is 1. The van der Waals surface area contributed by atoms with Crippen LogP contribution in [-0.4, -0.2) is 90.9 Å². The van der Waals surface area contributed by atoms with E-state index in [2.05, 4.69) is 118 Å². The van der Waals surface area contributed by atoms with Crippen molar-refractivity contribution in [3.8, 4) is 0 Å². The van der Waals surface area contributed by atoms with Crippen LogP contribution in [0.5, 0.6) is 0 Å². The molecule has 10 atom stereocenters. The van der Waals surface area contributed by atoms with Gasteiger partial charge in [-0.1, -0.05) is 92.0 Å². The molecule has 1 aromatic carbocycles. The summed E-state index contributed by atoms with van der Waals surface area (Å²) in [5.74, 6) is 0.506. The van der Waals surface area contributed by atoms with E-state index >= 15 is 0 Å². The minimum atomic E-state index is -2.12. The second-order valence-corrected chi connectivity index (χ2v) is 29.4. The van der Waals surface area contributed by atoms with Crippen LogP contribution in [0, 0.1) is 11.8 Å². The highest BCUT2D eigenvalue weighted by Crippen LogP contribution is 2.44. The van der Waals surface area contributed by atoms with Gasteiger partial charge in [0.25, 0.3) is 0 Å². The van der Waals surface area contributed by atoms with Gasteiger partial charge in [0.05, 0.1) is 55.4 Å². The summed E-state index contributed by atoms with van der Waals surface area (Å²) in [5, 5.41) is 9.47. The molecule has 3 fully saturated rings. The zero-order valence-electron chi connectivity index (χ0n) is 36.2. The fourth-order valence-corrected chi connectivity index (χ4v) is 10.4. The minimum absolute atomic E-state index is 0.0621. The smallest absolute Gasteiger partial charge is 0.192 e. The van der Waals surface area contributed by atoms with E-state index in [9.17, 15) is 5.11 Å². The highest BCUT2D eigenvalue weighted by molar-refractivity contribution is 6.74. The van der Waals surface area contributed by atoms with Gasteiger partial charge >= 0.3 is 0 Å². The topological polar surface area (TPSA) is 75.6 Å². The lowest BCUT2D eigenvalue weighted by Gasteiger charge is -2.42. The third-order valence-electron chi connectivity index (χ3n) is 13.6. The normalized spacial score (nSPS) is 30.6. The van der Waals surface area contributed by atoms with E-state index in [-0.39, 0.29) is 71.4 Å². The Balaban J connectivity index is 1.54. The molecule has 0 aliphatic carbocycles. The zero-order valence-corrected chi connectivity index (χ0v) is 38.2. The first kappa shape index (κ1) is 45.6. The van der Waals surface area contributed by atoms with E-state index in [1.165, 1.54) is 16.7 Å². The van der Waals surface area contributed by atoms with Crippen LogP contribution in [0.25, 0.3) is 0 Å². The SMILES string of the molecule is C=C1C(C[C@@H]2O[C@H](C[C@@H](CO[Si](C)(C)C(C)(C)C)O[Si](C)(C)C(C)(C)C)[C@H](OC)[C@H]2Cc2ccccc2)O[C@@H](CC[C@@H]2O[C@@H](CCCO)CC2=C)C[C@H]1C. The standard InChI is InChI=1S/C45H78O7Si2/c1-31-25-36(22-23-39-32(2)26-35(49-39)21-18-24-46)50-40(33(31)3)29-41-38(27-34-19-16-15-17-20-34)43(47-10)42(51-41)28-37(52-54(13,14)45(7,8)9)30-48-53(11,12)44(4,5)6/h15-17,19-20,31,35-43,46H,2-3,18,21-30H2,1,4-14H3/t31-,35+,36+,37+,38+,39+,40?,41+,42-,43-/m1/s1. The number of aliphatic hydroxyl groups is 1. The summed E-state index contributed by atoms with van der Waals surface area (Å²) in [6.45, 7) is 35.1. The Bertz CT molecular complexity index is 1340. The van der Waals surface area contributed by atoms with Crippen molar-refractivity contribution in [1.29, 1.82) is 0 Å². The van der Waals surface area contributed by atoms with E-state index in [0.717, 1.165) is 57.8 Å². The summed E-state index contributed by atoms with van der Waals surface area (Å²) in [7, 11) is -2.28. The molecule has 3 saturated heterocycles. The molecule has 308 valence electrons. The van der Waals surface area contributed by atoms with Crippen molar-refractivity contribution in [1.82, 2.24) is 0 Å². The number of ether oxygens (including phenoxy) is 4. The van der Waals surface area contributed by atoms with Crippen molar-refractivity contribution in [2.75, 3.05) is 20.3 Å². The van der Waals surface area contributed by atoms with E-state index in [0.29, 0.717) is 12.5 Å². The molecular weight excluding hydrogens is 709 g/mol. The summed E-state index contributed by atoms with van der Waals surface area (Å²) in [6, 6.07) is 10.8. The lowest BCUT2D eigenvalue weighted by Crippen LogP contribution is -2.49. The number of hydrogen-bond acceptors (Lipinski definition) is 7. The van der Waals surface area contributed by atoms with Crippen molar-refractivity contribution in [3.05, 3.63) is 60.2 Å². The van der Waals surface area contributed by atoms with Crippen LogP contribution < -0.4 is 0 Å². The van der Waals surface area contributed by atoms with E-state index in [1.54, 1.807) is 0 Å². The zero-order chi connectivity index (χ0) is 40.1. The fourth-order valence-electron chi connectivity index (χ4n) is 8.03. The molecule has 0 radical (unpaired) electrons. The van der Waals surface area contributed by atoms with Gasteiger partial charge in [0, 0.05) is 32.5 Å². The Morgan fingerprint density at radius 3 is 2.11 bits per heavy atom. The molecule has 0 bridgehead atoms. The second kappa shape index (κ2) is 19.1. The highest BCUT2D eigenvalue weighted by Gasteiger charge is 2.49. The molecule has 1 unspecified atom stereocenters. The molecule has 3 heterocycles. The van der Waals surface area contributed by atoms with Crippen LogP contribution in [0.1, 0.15) is 105 Å². The quantitative estimate of drug-likeness (QED) is 0.117. The summed E-state index contributed by atoms with van der Waals surface area (Å²) >= 11 is 0. The van der Waals surface area contributed by atoms with E-state index in [4.69, 9.17) is 27.8 Å². The molecule has 54 heavy (non-hydrogen) atoms. The van der Waals surface area contributed by atoms with Crippen molar-refractivity contribution >= 4 is 16.6 Å². The van der Waals surface area contributed by atoms with Crippen molar-refractivity contribution in [2.45, 2.75) is 191 Å². The Kier molecular flexibility index (Phi) is 16.1. The van der Waals surface area contributed by atoms with Crippen LogP contribution in [0.2, 0.25) is 36.3 Å². The van der Waals surface area contributed by atoms with E-state index in [1.807, 2.05) is 7.11 Å². The summed E-state index contributed by atoms with van der Waals surface area (Å²) in [5.41, 5.74) is 3.63. The molecule has 0 spiro atoms. The molecule has 0 aromatic heterocycles. The van der Waals surface area contributed by atoms with Crippen molar-refractivity contribution in [2.24, 2.45) is 11.8 Å². The minimum Gasteiger partial charge on any atom is -0.414 e. The summed E-state index contributed by atoms with van der Waals surface area (Å²) in [6.07, 6.45) is 7.54. The monoisotopic (exact) mass is 787 g/mol. The Morgan fingerprint density at radius 1 is 0.852 bits per heavy atom. The summed E-state index contributed by atoms with van der Waals surface area (Å²) < 4.78 is 41.0. The fraction of sp³-hybridized carbons (Fsp3) is 0.778. The highest BCUT2D eigenvalue weighted by atomic mass is 28.4. The van der Waals surface area contributed by atoms with Gasteiger partial charge < -0.3 is 32.9 Å². The molecule has 4 rings (SSSR count). The third-order valence-corrected chi connectivity index (χ3v) is 22.6. The predicted octanol–water partition coefficient (Wildman–Crippen LogP) is 10.4. The molecule has 3 aliphatic rings. The van der Waals surface area contributed by atoms with Crippen molar-refractivity contribution < 1.29 is 32.9 Å². The van der Waals surface area contributed by atoms with Gasteiger partial charge in [0.15, 0.2) is 16.6 Å². The van der Waals surface area contributed by atoms with Crippen LogP contribution >= 0.6 is 0 Å². The van der Waals surface area contributed by atoms with Gasteiger partial charge in [-0.25, -0.2) is 0 Å². The maximum Gasteiger partial charge on any atom is 0.192 e. The number of aliphatic hydroxyl groups excluding tert-OH is 1. The molecule has 3 aliphatic heterocycles. The van der Waals surface area contributed by atoms with Gasteiger partial charge in [-0.2, -0.15) is 0 Å². The average Bonchev–Trinajstić information content (AvgIpc) is 3.60. The number of hydrogen-bond donors (Lipinski definition) is 1. The molecule has 1 aromatic rings. The Labute approximate surface area is 332 Å². The average molecular weight is 787 g/mol. The van der Waals surface area contributed by atoms with Gasteiger partial charge in [-0.05, 0) is 104 Å². The molecule has 0 amide bonds. The van der Waals surface area contributed by atoms with Crippen LogP contribution in [0.3, 0.4) is 0 Å². The molecule has 7 nitrogen and oxygen atoms in total. The molecule has 1 N–H and O–H groups in total. The van der Waals surface area contributed by atoms with Gasteiger partial charge in [0.2, 0.25) is 0 Å². The maximum atomic E-state index is 9.29. The first-order chi connectivity index (χ1) is 25.2.